The van der Waals surface area contributed by atoms with E-state index in [2.05, 4.69) is 26.9 Å². The van der Waals surface area contributed by atoms with Crippen LogP contribution >= 0.6 is 11.3 Å². The van der Waals surface area contributed by atoms with E-state index in [1.54, 1.807) is 18.3 Å². The summed E-state index contributed by atoms with van der Waals surface area (Å²) in [7, 11) is 0. The number of nitrogens with zero attached hydrogens (tertiary/aromatic N) is 3. The van der Waals surface area contributed by atoms with Gasteiger partial charge in [-0.15, -0.1) is 11.3 Å². The van der Waals surface area contributed by atoms with Crippen molar-refractivity contribution >= 4 is 27.9 Å². The Hall–Kier alpha value is -2.18. The number of carbonyl (C=O) groups is 1. The topological polar surface area (TPSA) is 63.6 Å². The minimum Gasteiger partial charge on any atom is -0.325 e. The number of rotatable bonds is 2. The fraction of sp³-hybridized carbons (Fsp3) is 0.250. The summed E-state index contributed by atoms with van der Waals surface area (Å²) in [6, 6.07) is 6.30. The molecular weight excluding hydrogens is 296 g/mol. The van der Waals surface area contributed by atoms with Gasteiger partial charge in [-0.1, -0.05) is 6.07 Å². The second-order valence-corrected chi connectivity index (χ2v) is 6.29. The summed E-state index contributed by atoms with van der Waals surface area (Å²) in [5.41, 5.74) is 11.3. The zero-order valence-electron chi connectivity index (χ0n) is 12.2. The molecule has 5 nitrogen and oxygen atoms in total. The van der Waals surface area contributed by atoms with Crippen LogP contribution in [0.2, 0.25) is 0 Å². The van der Waals surface area contributed by atoms with Gasteiger partial charge in [0.25, 0.3) is 0 Å². The monoisotopic (exact) mass is 312 g/mol. The molecule has 2 aromatic heterocycles. The van der Waals surface area contributed by atoms with E-state index in [-0.39, 0.29) is 5.91 Å². The Bertz CT molecular complexity index is 880. The van der Waals surface area contributed by atoms with Crippen molar-refractivity contribution in [3.05, 3.63) is 41.0 Å². The molecule has 0 fully saturated rings. The Balaban J connectivity index is 1.83. The first-order valence-corrected chi connectivity index (χ1v) is 8.12. The number of nitrogens with two attached hydrogens (primary N) is 1. The van der Waals surface area contributed by atoms with Gasteiger partial charge in [0.1, 0.15) is 0 Å². The lowest BCUT2D eigenvalue weighted by molar-refractivity contribution is -0.116. The molecule has 0 saturated heterocycles. The normalized spacial score (nSPS) is 13.8. The highest BCUT2D eigenvalue weighted by molar-refractivity contribution is 7.15. The Kier molecular flexibility index (Phi) is 3.02. The first-order valence-electron chi connectivity index (χ1n) is 7.24. The fourth-order valence-electron chi connectivity index (χ4n) is 3.10. The first-order chi connectivity index (χ1) is 10.7. The average molecular weight is 312 g/mol. The summed E-state index contributed by atoms with van der Waals surface area (Å²) in [6.45, 7) is 2.85. The van der Waals surface area contributed by atoms with E-state index in [4.69, 9.17) is 5.73 Å². The highest BCUT2D eigenvalue weighted by atomic mass is 32.1. The molecule has 6 heteroatoms. The minimum absolute atomic E-state index is 0.101. The third-order valence-electron chi connectivity index (χ3n) is 4.18. The molecule has 1 aromatic carbocycles. The van der Waals surface area contributed by atoms with Crippen molar-refractivity contribution in [2.45, 2.75) is 19.9 Å². The lowest BCUT2D eigenvalue weighted by Crippen LogP contribution is -2.25. The molecule has 0 atom stereocenters. The Morgan fingerprint density at radius 1 is 1.45 bits per heavy atom. The summed E-state index contributed by atoms with van der Waals surface area (Å²) < 4.78 is 2.12. The van der Waals surface area contributed by atoms with E-state index in [1.165, 1.54) is 5.56 Å². The molecule has 3 heterocycles. The van der Waals surface area contributed by atoms with Crippen molar-refractivity contribution in [1.29, 1.82) is 0 Å². The molecule has 0 unspecified atom stereocenters. The molecule has 3 aromatic rings. The molecule has 112 valence electrons. The predicted octanol–water partition coefficient (Wildman–Crippen LogP) is 2.43. The Morgan fingerprint density at radius 3 is 3.09 bits per heavy atom. The summed E-state index contributed by atoms with van der Waals surface area (Å²) >= 11 is 1.62. The maximum absolute atomic E-state index is 11.6. The van der Waals surface area contributed by atoms with E-state index < -0.39 is 0 Å². The quantitative estimate of drug-likeness (QED) is 0.790. The molecule has 4 rings (SSSR count). The molecule has 1 aliphatic rings. The lowest BCUT2D eigenvalue weighted by atomic mass is 10.1. The van der Waals surface area contributed by atoms with Crippen molar-refractivity contribution < 1.29 is 4.79 Å². The number of hydrogen-bond donors (Lipinski definition) is 1. The minimum atomic E-state index is 0.101. The fourth-order valence-corrected chi connectivity index (χ4v) is 3.99. The molecule has 0 spiro atoms. The summed E-state index contributed by atoms with van der Waals surface area (Å²) in [5, 5.41) is 2.11. The van der Waals surface area contributed by atoms with Gasteiger partial charge in [0, 0.05) is 31.1 Å². The largest absolute Gasteiger partial charge is 0.325 e. The van der Waals surface area contributed by atoms with Crippen LogP contribution in [0.1, 0.15) is 18.2 Å². The van der Waals surface area contributed by atoms with E-state index in [0.717, 1.165) is 40.6 Å². The molecule has 0 saturated carbocycles. The van der Waals surface area contributed by atoms with Crippen LogP contribution in [-0.4, -0.2) is 21.8 Å². The van der Waals surface area contributed by atoms with Gasteiger partial charge in [-0.25, -0.2) is 4.98 Å². The number of carbonyl (C=O) groups excluding carboxylic acids is 1. The van der Waals surface area contributed by atoms with E-state index in [1.807, 2.05) is 17.2 Å². The zero-order valence-corrected chi connectivity index (χ0v) is 13.1. The number of fused-ring (bicyclic) bond motifs is 2. The summed E-state index contributed by atoms with van der Waals surface area (Å²) in [6.07, 6.45) is 2.74. The lowest BCUT2D eigenvalue weighted by Gasteiger charge is -2.14. The maximum Gasteiger partial charge on any atom is 0.223 e. The average Bonchev–Trinajstić information content (AvgIpc) is 3.20. The van der Waals surface area contributed by atoms with E-state index >= 15 is 0 Å². The second kappa shape index (κ2) is 4.93. The van der Waals surface area contributed by atoms with Crippen LogP contribution in [0, 0.1) is 0 Å². The Labute approximate surface area is 132 Å². The number of amides is 1. The van der Waals surface area contributed by atoms with Gasteiger partial charge < -0.3 is 10.6 Å². The summed E-state index contributed by atoms with van der Waals surface area (Å²) in [4.78, 5) is 18.8. The van der Waals surface area contributed by atoms with E-state index in [9.17, 15) is 4.79 Å². The van der Waals surface area contributed by atoms with Crippen LogP contribution in [-0.2, 0) is 17.8 Å². The number of imidazole rings is 1. The number of hydrogen-bond acceptors (Lipinski definition) is 4. The molecule has 0 bridgehead atoms. The number of anilines is 1. The Morgan fingerprint density at radius 2 is 2.32 bits per heavy atom. The molecule has 0 aliphatic carbocycles. The standard InChI is InChI=1S/C16H16N4OS/c1-10(21)19-5-4-12-6-11(2-3-14(12)19)15-9-22-16-18-8-13(7-17)20(15)16/h2-3,6,8-9H,4-5,7,17H2,1H3. The van der Waals surface area contributed by atoms with Gasteiger partial charge in [-0.05, 0) is 29.7 Å². The smallest absolute Gasteiger partial charge is 0.223 e. The van der Waals surface area contributed by atoms with Gasteiger partial charge in [-0.2, -0.15) is 0 Å². The van der Waals surface area contributed by atoms with Gasteiger partial charge in [0.15, 0.2) is 4.96 Å². The number of thiazole rings is 1. The number of benzene rings is 1. The highest BCUT2D eigenvalue weighted by Crippen LogP contribution is 2.34. The molecule has 2 N–H and O–H groups in total. The van der Waals surface area contributed by atoms with Crippen LogP contribution in [0.4, 0.5) is 5.69 Å². The van der Waals surface area contributed by atoms with Crippen LogP contribution in [0.3, 0.4) is 0 Å². The zero-order chi connectivity index (χ0) is 15.3. The van der Waals surface area contributed by atoms with Gasteiger partial charge in [0.2, 0.25) is 5.91 Å². The molecule has 1 amide bonds. The third kappa shape index (κ3) is 1.88. The van der Waals surface area contributed by atoms with Crippen molar-refractivity contribution in [2.24, 2.45) is 5.73 Å². The molecule has 0 radical (unpaired) electrons. The first kappa shape index (κ1) is 13.5. The molecule has 1 aliphatic heterocycles. The van der Waals surface area contributed by atoms with Gasteiger partial charge in [0.05, 0.1) is 17.6 Å². The number of aromatic nitrogens is 2. The van der Waals surface area contributed by atoms with Crippen molar-refractivity contribution in [2.75, 3.05) is 11.4 Å². The van der Waals surface area contributed by atoms with Gasteiger partial charge in [-0.3, -0.25) is 9.20 Å². The maximum atomic E-state index is 11.6. The third-order valence-corrected chi connectivity index (χ3v) is 5.02. The van der Waals surface area contributed by atoms with Crippen molar-refractivity contribution in [1.82, 2.24) is 9.38 Å². The predicted molar refractivity (Wildman–Crippen MR) is 88.1 cm³/mol. The van der Waals surface area contributed by atoms with E-state index in [0.29, 0.717) is 6.54 Å². The van der Waals surface area contributed by atoms with Crippen molar-refractivity contribution in [3.63, 3.8) is 0 Å². The van der Waals surface area contributed by atoms with Crippen LogP contribution < -0.4 is 10.6 Å². The van der Waals surface area contributed by atoms with Crippen molar-refractivity contribution in [3.8, 4) is 11.3 Å². The molecule has 22 heavy (non-hydrogen) atoms. The highest BCUT2D eigenvalue weighted by Gasteiger charge is 2.23. The van der Waals surface area contributed by atoms with Gasteiger partial charge >= 0.3 is 0 Å². The van der Waals surface area contributed by atoms with Crippen LogP contribution in [0.5, 0.6) is 0 Å². The van der Waals surface area contributed by atoms with Crippen LogP contribution in [0.25, 0.3) is 16.2 Å². The van der Waals surface area contributed by atoms with Crippen LogP contribution in [0.15, 0.2) is 29.8 Å². The summed E-state index contributed by atoms with van der Waals surface area (Å²) in [5.74, 6) is 0.101. The SMILES string of the molecule is CC(=O)N1CCc2cc(-c3csc4ncc(CN)n34)ccc21. The molecular formula is C16H16N4OS. The second-order valence-electron chi connectivity index (χ2n) is 5.46.